The van der Waals surface area contributed by atoms with Gasteiger partial charge in [-0.25, -0.2) is 4.79 Å². The number of methoxy groups -OCH3 is 1. The number of carbonyl (C=O) groups is 13. The van der Waals surface area contributed by atoms with Crippen LogP contribution in [0.1, 0.15) is 71.8 Å². The van der Waals surface area contributed by atoms with Crippen LogP contribution in [0.5, 0.6) is 0 Å². The zero-order chi connectivity index (χ0) is 89.7. The molecule has 0 saturated carbocycles. The Morgan fingerprint density at radius 1 is 0.333 bits per heavy atom. The van der Waals surface area contributed by atoms with Crippen LogP contribution in [0, 0.1) is 71.0 Å². The summed E-state index contributed by atoms with van der Waals surface area (Å²) in [5.74, 6) is -13.1. The van der Waals surface area contributed by atoms with E-state index in [1.165, 1.54) is 24.0 Å². The Bertz CT molecular complexity index is 4360. The normalized spacial score (nSPS) is 34.9. The van der Waals surface area contributed by atoms with Gasteiger partial charge in [0.1, 0.15) is 41.1 Å². The lowest BCUT2D eigenvalue weighted by atomic mass is 9.81. The molecule has 18 heterocycles. The Hall–Kier alpha value is -9.79. The number of benzene rings is 1. The van der Waals surface area contributed by atoms with E-state index >= 15 is 0 Å². The summed E-state index contributed by atoms with van der Waals surface area (Å²) in [6.45, 7) is 23.1. The number of carboxylic acids is 5. The number of piperidine rings is 2. The van der Waals surface area contributed by atoms with Crippen LogP contribution in [-0.4, -0.2) is 377 Å². The average Bonchev–Trinajstić information content (AvgIpc) is 1.64. The maximum atomic E-state index is 12.9. The molecule has 1 aromatic rings. The van der Waals surface area contributed by atoms with E-state index < -0.39 is 149 Å². The molecule has 19 rings (SSSR count). The Kier molecular flexibility index (Phi) is 29.5. The molecule has 0 radical (unpaired) electrons. The Morgan fingerprint density at radius 3 is 0.857 bits per heavy atom. The molecule has 12 fully saturated rings. The lowest BCUT2D eigenvalue weighted by Gasteiger charge is -2.37. The summed E-state index contributed by atoms with van der Waals surface area (Å²) in [4.78, 5) is 175. The van der Waals surface area contributed by atoms with Crippen molar-refractivity contribution in [1.29, 1.82) is 0 Å². The number of rotatable bonds is 15. The summed E-state index contributed by atoms with van der Waals surface area (Å²) in [7, 11) is 3.46. The molecule has 6 N–H and O–H groups in total. The minimum absolute atomic E-state index is 0.0426. The van der Waals surface area contributed by atoms with E-state index in [0.29, 0.717) is 65.4 Å². The fourth-order valence-electron chi connectivity index (χ4n) is 20.8. The molecule has 18 aliphatic rings. The highest BCUT2D eigenvalue weighted by molar-refractivity contribution is 5.92. The van der Waals surface area contributed by atoms with Gasteiger partial charge in [0.05, 0.1) is 149 Å². The van der Waals surface area contributed by atoms with Gasteiger partial charge in [-0.2, -0.15) is 0 Å². The van der Waals surface area contributed by atoms with Crippen molar-refractivity contribution in [1.82, 2.24) is 44.1 Å². The molecule has 24 atom stereocenters. The summed E-state index contributed by atoms with van der Waals surface area (Å²) in [6.07, 6.45) is 22.9. The smallest absolute Gasteiger partial charge is 0.410 e. The maximum absolute atomic E-state index is 12.9. The summed E-state index contributed by atoms with van der Waals surface area (Å²) >= 11 is 0. The Balaban J connectivity index is 0.000000123. The molecule has 0 aliphatic carbocycles. The first-order valence-corrected chi connectivity index (χ1v) is 44.7. The first-order chi connectivity index (χ1) is 60.4. The van der Waals surface area contributed by atoms with Gasteiger partial charge in [0.25, 0.3) is 0 Å². The number of nitrogens with one attached hydrogen (secondary N) is 1. The average molecular weight is 1760 g/mol. The molecule has 12 saturated heterocycles. The summed E-state index contributed by atoms with van der Waals surface area (Å²) in [6, 6.07) is 10.3. The number of hydrogen-bond donors (Lipinski definition) is 6. The SMILES string of the molecule is CC(C)(C)OC(=O)N1CCN(C(=O)C2C(C(=O)O)[C@H]3C=C[C@@H]2O3)CC1.CCN1CCN(C(=O)C2C(C(=O)O)[C@H]3C=C[C@@H]2O3)CC1.COC(=O)C1C(C(=O)N2CCCCC2)[C@@H]2C=C[C@H]1O2.C[NH+]1CCN(C(=O)C2C(C(=O)O)[C@H]3C=C[C@@H]2O3)CC1.O=C(O)C1C(C(=O)N2CCCCC2)[C@@H]2C=C[C@H]1O2.O=C(O)C1C(C(=O)N2CCN(Cc3ccccc3)CC2)[C@@H]2C=C[C@H]1O2. The fraction of sp³-hybridized carbons (Fsp3) is 0.656. The monoisotopic (exact) mass is 1760 g/mol. The molecule has 686 valence electrons. The number of ether oxygens (including phenoxy) is 8. The molecule has 0 spiro atoms. The van der Waals surface area contributed by atoms with E-state index in [1.807, 2.05) is 64.5 Å². The zero-order valence-corrected chi connectivity index (χ0v) is 72.3. The number of nitrogens with zero attached hydrogens (tertiary/aromatic N) is 9. The highest BCUT2D eigenvalue weighted by atomic mass is 16.6. The van der Waals surface area contributed by atoms with Crippen LogP contribution in [0.3, 0.4) is 0 Å². The van der Waals surface area contributed by atoms with Gasteiger partial charge in [-0.3, -0.25) is 62.4 Å². The number of carboxylic acid groups (broad SMARTS) is 5. The van der Waals surface area contributed by atoms with Gasteiger partial charge in [-0.05, 0) is 71.4 Å². The van der Waals surface area contributed by atoms with Crippen LogP contribution in [0.4, 0.5) is 4.79 Å². The topological polar surface area (TPSA) is 431 Å². The van der Waals surface area contributed by atoms with Gasteiger partial charge in [-0.15, -0.1) is 0 Å². The van der Waals surface area contributed by atoms with Crippen LogP contribution in [0.2, 0.25) is 0 Å². The van der Waals surface area contributed by atoms with Crippen LogP contribution < -0.4 is 4.90 Å². The largest absolute Gasteiger partial charge is 0.481 e. The zero-order valence-electron chi connectivity index (χ0n) is 72.3. The Morgan fingerprint density at radius 2 is 0.579 bits per heavy atom. The van der Waals surface area contributed by atoms with E-state index in [-0.39, 0.29) is 78.0 Å². The van der Waals surface area contributed by atoms with E-state index in [2.05, 4.69) is 35.9 Å². The number of esters is 1. The predicted molar refractivity (Wildman–Crippen MR) is 444 cm³/mol. The number of likely N-dealkylation sites (tertiary alicyclic amines) is 2. The first-order valence-electron chi connectivity index (χ1n) is 44.7. The van der Waals surface area contributed by atoms with Gasteiger partial charge in [0, 0.05) is 111 Å². The molecule has 12 unspecified atom stereocenters. The van der Waals surface area contributed by atoms with Crippen LogP contribution in [0.15, 0.2) is 103 Å². The summed E-state index contributed by atoms with van der Waals surface area (Å²) in [5, 5.41) is 46.8. The third-order valence-corrected chi connectivity index (χ3v) is 27.6. The number of aliphatic carboxylic acids is 5. The highest BCUT2D eigenvalue weighted by Crippen LogP contribution is 2.47. The van der Waals surface area contributed by atoms with Crippen LogP contribution in [0.25, 0.3) is 0 Å². The van der Waals surface area contributed by atoms with Crippen molar-refractivity contribution in [2.24, 2.45) is 71.0 Å². The van der Waals surface area contributed by atoms with Crippen molar-refractivity contribution in [3.8, 4) is 0 Å². The molecule has 126 heavy (non-hydrogen) atoms. The van der Waals surface area contributed by atoms with Crippen LogP contribution in [-0.2, 0) is 102 Å². The molecule has 36 nitrogen and oxygen atoms in total. The van der Waals surface area contributed by atoms with Gasteiger partial charge in [0.15, 0.2) is 0 Å². The van der Waals surface area contributed by atoms with Crippen molar-refractivity contribution < 1.29 is 131 Å². The summed E-state index contributed by atoms with van der Waals surface area (Å²) in [5.41, 5.74) is 0.700. The lowest BCUT2D eigenvalue weighted by molar-refractivity contribution is -0.883. The second-order valence-corrected chi connectivity index (χ2v) is 36.4. The van der Waals surface area contributed by atoms with E-state index in [4.69, 9.17) is 37.9 Å². The molecule has 36 heteroatoms. The predicted octanol–water partition coefficient (Wildman–Crippen LogP) is 0.902. The molecule has 12 bridgehead atoms. The second-order valence-electron chi connectivity index (χ2n) is 36.4. The van der Waals surface area contributed by atoms with Crippen molar-refractivity contribution in [3.05, 3.63) is 109 Å². The lowest BCUT2D eigenvalue weighted by Crippen LogP contribution is -3.12. The third-order valence-electron chi connectivity index (χ3n) is 27.6. The molecule has 1 aromatic carbocycles. The van der Waals surface area contributed by atoms with Crippen molar-refractivity contribution in [2.75, 3.05) is 152 Å². The third kappa shape index (κ3) is 20.2. The van der Waals surface area contributed by atoms with Crippen LogP contribution >= 0.6 is 0 Å². The quantitative estimate of drug-likeness (QED) is 0.105. The molecule has 0 aromatic heterocycles. The van der Waals surface area contributed by atoms with E-state index in [0.717, 1.165) is 111 Å². The number of carbonyl (C=O) groups excluding carboxylic acids is 8. The molecular weight excluding hydrogens is 1640 g/mol. The number of hydrogen-bond acceptors (Lipinski definition) is 23. The number of fused-ring (bicyclic) bond motifs is 12. The number of quaternary nitrogens is 1. The van der Waals surface area contributed by atoms with E-state index in [1.54, 1.807) is 81.7 Å². The number of likely N-dealkylation sites (N-methyl/N-ethyl adjacent to an activating group) is 2. The summed E-state index contributed by atoms with van der Waals surface area (Å²) < 4.78 is 43.7. The van der Waals surface area contributed by atoms with Gasteiger partial charge < -0.3 is 108 Å². The minimum atomic E-state index is -1.01. The van der Waals surface area contributed by atoms with Gasteiger partial charge in [0.2, 0.25) is 35.4 Å². The molecular formula is C90H121N10O26+. The molecule has 18 aliphatic heterocycles. The van der Waals surface area contributed by atoms with Crippen molar-refractivity contribution in [2.45, 2.75) is 152 Å². The first kappa shape index (κ1) is 92.4. The maximum Gasteiger partial charge on any atom is 0.410 e. The van der Waals surface area contributed by atoms with Gasteiger partial charge >= 0.3 is 41.9 Å². The molecule has 7 amide bonds. The fourth-order valence-corrected chi connectivity index (χ4v) is 20.8. The standard InChI is InChI=1S/C19H22N2O4.C17H24N2O6.C14H20N2O4.C14H19NO4.C13H18N2O4.C13H17NO4/c22-18(16-14-6-7-15(25-14)17(16)19(23)24)21-10-8-20(9-11-21)12-13-4-2-1-3-5-13;1-17(2,3)25-16(23)19-8-6-18(7-9-19)14(20)12-10-4-5-11(24-10)13(12)15(21)22;1-2-15-5-7-16(8-6-15)13(17)11-9-3-4-10(20-9)12(11)14(18)19;1-18-14(17)12-10-6-5-9(19-10)11(12)13(16)15-7-3-2-4-8-15;1-14-4-6-15(7-5-14)12(16)10-8-2-3-9(19-8)11(10)13(17)18;15-12(14-6-2-1-3-7-14)10-8-4-5-9(18-8)11(10)13(16)17/h1-7,14-17H,8-12H2,(H,23,24);4-5,10-13H,6-9H2,1-3H3,(H,21,22);3-4,9-12H,2,5-8H2,1H3,(H,18,19);5-6,9-12H,2-4,7-8H2,1H3;2-3,8-11H,4-7H2,1H3,(H,17,18);4-5,8-11H,1-3,6-7H2,(H,16,17)/p+1/t14-,15+,16?,17?;10-,11+,12?,13?;2*9-,10+,11?,12?;2*8-,9+,10?,11?/m000000/s1. The second kappa shape index (κ2) is 40.3. The number of piperazine rings is 4. The van der Waals surface area contributed by atoms with Crippen molar-refractivity contribution in [3.63, 3.8) is 0 Å². The van der Waals surface area contributed by atoms with Gasteiger partial charge in [-0.1, -0.05) is 110 Å². The Labute approximate surface area is 731 Å². The minimum Gasteiger partial charge on any atom is -0.481 e. The van der Waals surface area contributed by atoms with E-state index in [9.17, 15) is 87.9 Å². The van der Waals surface area contributed by atoms with Crippen molar-refractivity contribution >= 4 is 77.4 Å². The highest BCUT2D eigenvalue weighted by Gasteiger charge is 2.61. The number of amides is 7.